The number of fused-ring (bicyclic) bond motifs is 1. The van der Waals surface area contributed by atoms with E-state index in [0.29, 0.717) is 46.9 Å². The Morgan fingerprint density at radius 3 is 2.21 bits per heavy atom. The number of Topliss-reactive ketones (excluding diaryl/α,β-unsaturated/α-hetero) is 1. The van der Waals surface area contributed by atoms with Crippen LogP contribution in [0.5, 0.6) is 23.0 Å². The molecular weight excluding hydrogens is 564 g/mol. The van der Waals surface area contributed by atoms with Crippen molar-refractivity contribution in [3.63, 3.8) is 0 Å². The summed E-state index contributed by atoms with van der Waals surface area (Å²) in [4.78, 5) is 31.5. The maximum Gasteiger partial charge on any atom is 0.259 e. The second kappa shape index (κ2) is 11.9. The summed E-state index contributed by atoms with van der Waals surface area (Å²) in [5.74, 6) is 1.59. The smallest absolute Gasteiger partial charge is 0.259 e. The monoisotopic (exact) mass is 596 g/mol. The fourth-order valence-electron chi connectivity index (χ4n) is 5.99. The van der Waals surface area contributed by atoms with E-state index in [9.17, 15) is 9.59 Å². The molecule has 4 aromatic rings. The van der Waals surface area contributed by atoms with E-state index in [0.717, 1.165) is 27.6 Å². The minimum absolute atomic E-state index is 0.00321. The van der Waals surface area contributed by atoms with Gasteiger partial charge in [0.2, 0.25) is 5.75 Å². The average molecular weight is 597 g/mol. The van der Waals surface area contributed by atoms with E-state index in [-0.39, 0.29) is 17.6 Å². The number of carbonyl (C=O) groups excluding carboxylic acids is 2. The summed E-state index contributed by atoms with van der Waals surface area (Å²) in [6.07, 6.45) is 0.951. The van der Waals surface area contributed by atoms with Gasteiger partial charge < -0.3 is 24.3 Å². The van der Waals surface area contributed by atoms with E-state index in [1.165, 1.54) is 32.7 Å². The zero-order valence-corrected chi connectivity index (χ0v) is 25.2. The minimum Gasteiger partial charge on any atom is -0.497 e. The molecule has 0 radical (unpaired) electrons. The summed E-state index contributed by atoms with van der Waals surface area (Å²) in [5, 5.41) is 5.55. The molecule has 0 unspecified atom stereocenters. The first-order chi connectivity index (χ1) is 21.0. The Kier molecular flexibility index (Phi) is 7.82. The second-order valence-electron chi connectivity index (χ2n) is 10.3. The number of para-hydroxylation sites is 2. The molecule has 220 valence electrons. The highest BCUT2D eigenvalue weighted by molar-refractivity contribution is 7.10. The number of thiophene rings is 1. The maximum absolute atomic E-state index is 14.7. The van der Waals surface area contributed by atoms with E-state index >= 15 is 0 Å². The lowest BCUT2D eigenvalue weighted by atomic mass is 9.79. The number of amides is 1. The molecule has 43 heavy (non-hydrogen) atoms. The number of carbonyl (C=O) groups is 2. The third-order valence-corrected chi connectivity index (χ3v) is 8.94. The van der Waals surface area contributed by atoms with Gasteiger partial charge in [0.05, 0.1) is 39.8 Å². The van der Waals surface area contributed by atoms with Gasteiger partial charge in [-0.25, -0.2) is 0 Å². The Labute approximate surface area is 254 Å². The van der Waals surface area contributed by atoms with Crippen LogP contribution in [0.1, 0.15) is 45.6 Å². The van der Waals surface area contributed by atoms with Crippen LogP contribution in [0.2, 0.25) is 0 Å². The number of hydrogen-bond donors (Lipinski definition) is 1. The van der Waals surface area contributed by atoms with Crippen molar-refractivity contribution in [1.29, 1.82) is 0 Å². The van der Waals surface area contributed by atoms with Crippen molar-refractivity contribution in [3.05, 3.63) is 105 Å². The predicted molar refractivity (Wildman–Crippen MR) is 167 cm³/mol. The van der Waals surface area contributed by atoms with Crippen LogP contribution in [-0.2, 0) is 4.79 Å². The van der Waals surface area contributed by atoms with Gasteiger partial charge in [-0.2, -0.15) is 0 Å². The lowest BCUT2D eigenvalue weighted by Gasteiger charge is -2.34. The van der Waals surface area contributed by atoms with Gasteiger partial charge in [-0.1, -0.05) is 30.3 Å². The highest BCUT2D eigenvalue weighted by Gasteiger charge is 2.42. The van der Waals surface area contributed by atoms with Gasteiger partial charge in [0.15, 0.2) is 17.3 Å². The van der Waals surface area contributed by atoms with E-state index in [1.807, 2.05) is 66.0 Å². The fraction of sp³-hybridized carbons (Fsp3) is 0.235. The summed E-state index contributed by atoms with van der Waals surface area (Å²) in [6.45, 7) is 0. The van der Waals surface area contributed by atoms with Crippen LogP contribution >= 0.6 is 11.3 Å². The predicted octanol–water partition coefficient (Wildman–Crippen LogP) is 7.00. The standard InChI is InChI=1S/C34H32N2O6S/c1-39-23-13-11-20(12-14-23)21-16-25-31(27(37)17-21)32(30-10-7-15-43-30)36(26-9-6-5-8-24(26)35-25)34(38)22-18-28(40-2)33(42-4)29(19-22)41-3/h5-15,18-19,21,32,35H,16-17H2,1-4H3/t21-,32+/m0/s1. The van der Waals surface area contributed by atoms with Gasteiger partial charge in [-0.3, -0.25) is 14.5 Å². The van der Waals surface area contributed by atoms with Crippen LogP contribution in [0.15, 0.2) is 89.4 Å². The molecule has 0 fully saturated rings. The molecule has 1 aliphatic heterocycles. The van der Waals surface area contributed by atoms with Gasteiger partial charge in [0.25, 0.3) is 5.91 Å². The highest BCUT2D eigenvalue weighted by atomic mass is 32.1. The third-order valence-electron chi connectivity index (χ3n) is 8.02. The molecule has 2 aliphatic rings. The first kappa shape index (κ1) is 28.4. The van der Waals surface area contributed by atoms with Crippen molar-refractivity contribution in [3.8, 4) is 23.0 Å². The van der Waals surface area contributed by atoms with Crippen LogP contribution in [0.3, 0.4) is 0 Å². The Balaban J connectivity index is 1.52. The number of allylic oxidation sites excluding steroid dienone is 1. The highest BCUT2D eigenvalue weighted by Crippen LogP contribution is 2.49. The summed E-state index contributed by atoms with van der Waals surface area (Å²) in [7, 11) is 6.19. The zero-order valence-electron chi connectivity index (χ0n) is 24.4. The Morgan fingerprint density at radius 1 is 0.860 bits per heavy atom. The molecule has 1 N–H and O–H groups in total. The quantitative estimate of drug-likeness (QED) is 0.246. The van der Waals surface area contributed by atoms with Crippen LogP contribution in [-0.4, -0.2) is 40.1 Å². The SMILES string of the molecule is COc1ccc([C@@H]2CC(=O)C3=C(C2)Nc2ccccc2N(C(=O)c2cc(OC)c(OC)c(OC)c2)[C@@H]3c2cccs2)cc1. The molecule has 8 nitrogen and oxygen atoms in total. The molecule has 0 bridgehead atoms. The first-order valence-electron chi connectivity index (χ1n) is 13.9. The Hall–Kier alpha value is -4.76. The van der Waals surface area contributed by atoms with E-state index in [1.54, 1.807) is 24.1 Å². The molecule has 1 amide bonds. The number of rotatable bonds is 7. The number of anilines is 2. The molecule has 2 heterocycles. The van der Waals surface area contributed by atoms with Gasteiger partial charge in [0, 0.05) is 28.1 Å². The van der Waals surface area contributed by atoms with Crippen molar-refractivity contribution < 1.29 is 28.5 Å². The number of hydrogen-bond acceptors (Lipinski definition) is 8. The summed E-state index contributed by atoms with van der Waals surface area (Å²) < 4.78 is 22.0. The first-order valence-corrected chi connectivity index (χ1v) is 14.8. The summed E-state index contributed by atoms with van der Waals surface area (Å²) in [5.41, 5.74) is 4.25. The third kappa shape index (κ3) is 5.10. The maximum atomic E-state index is 14.7. The molecule has 6 rings (SSSR count). The van der Waals surface area contributed by atoms with E-state index in [2.05, 4.69) is 5.32 Å². The molecule has 1 aromatic heterocycles. The number of methoxy groups -OCH3 is 4. The molecule has 0 saturated heterocycles. The normalized spacial score (nSPS) is 17.8. The van der Waals surface area contributed by atoms with Crippen molar-refractivity contribution in [2.75, 3.05) is 38.7 Å². The van der Waals surface area contributed by atoms with Gasteiger partial charge in [-0.05, 0) is 65.7 Å². The topological polar surface area (TPSA) is 86.3 Å². The number of nitrogens with zero attached hydrogens (tertiary/aromatic N) is 1. The minimum atomic E-state index is -0.637. The lowest BCUT2D eigenvalue weighted by Crippen LogP contribution is -2.38. The van der Waals surface area contributed by atoms with Crippen LogP contribution < -0.4 is 29.2 Å². The molecular formula is C34H32N2O6S. The number of ether oxygens (including phenoxy) is 4. The number of nitrogens with one attached hydrogen (secondary N) is 1. The average Bonchev–Trinajstić information content (AvgIpc) is 3.53. The Bertz CT molecular complexity index is 1670. The van der Waals surface area contributed by atoms with Crippen molar-refractivity contribution >= 4 is 34.4 Å². The fourth-order valence-corrected chi connectivity index (χ4v) is 6.81. The van der Waals surface area contributed by atoms with E-state index in [4.69, 9.17) is 18.9 Å². The molecule has 2 atom stereocenters. The molecule has 0 saturated carbocycles. The molecule has 9 heteroatoms. The van der Waals surface area contributed by atoms with Crippen LogP contribution in [0.4, 0.5) is 11.4 Å². The lowest BCUT2D eigenvalue weighted by molar-refractivity contribution is -0.116. The van der Waals surface area contributed by atoms with Crippen molar-refractivity contribution in [2.24, 2.45) is 0 Å². The van der Waals surface area contributed by atoms with Gasteiger partial charge >= 0.3 is 0 Å². The molecule has 0 spiro atoms. The second-order valence-corrected chi connectivity index (χ2v) is 11.3. The Morgan fingerprint density at radius 2 is 1.58 bits per heavy atom. The van der Waals surface area contributed by atoms with Crippen LogP contribution in [0.25, 0.3) is 0 Å². The largest absolute Gasteiger partial charge is 0.497 e. The number of ketones is 1. The summed E-state index contributed by atoms with van der Waals surface area (Å²) in [6, 6.07) is 22.1. The molecule has 3 aromatic carbocycles. The zero-order chi connectivity index (χ0) is 30.1. The van der Waals surface area contributed by atoms with Crippen molar-refractivity contribution in [2.45, 2.75) is 24.8 Å². The van der Waals surface area contributed by atoms with Gasteiger partial charge in [-0.15, -0.1) is 11.3 Å². The van der Waals surface area contributed by atoms with E-state index < -0.39 is 6.04 Å². The van der Waals surface area contributed by atoms with Gasteiger partial charge in [0.1, 0.15) is 11.8 Å². The van der Waals surface area contributed by atoms with Crippen molar-refractivity contribution in [1.82, 2.24) is 0 Å². The van der Waals surface area contributed by atoms with Crippen LogP contribution in [0, 0.1) is 0 Å². The molecule has 1 aliphatic carbocycles. The number of benzene rings is 3. The summed E-state index contributed by atoms with van der Waals surface area (Å²) >= 11 is 1.52.